The molecule has 1 aromatic rings. The fourth-order valence-corrected chi connectivity index (χ4v) is 7.20. The topological polar surface area (TPSA) is 117 Å². The van der Waals surface area contributed by atoms with E-state index in [1.807, 2.05) is 0 Å². The van der Waals surface area contributed by atoms with Crippen molar-refractivity contribution >= 4 is 21.7 Å². The highest BCUT2D eigenvalue weighted by Crippen LogP contribution is 2.42. The molecule has 170 valence electrons. The zero-order valence-corrected chi connectivity index (χ0v) is 18.6. The maximum atomic E-state index is 13.5. The number of amides is 2. The molecule has 2 saturated heterocycles. The molecular formula is C23H27N3O5S. The molecule has 1 aromatic carbocycles. The molecule has 2 aliphatic heterocycles. The van der Waals surface area contributed by atoms with Crippen LogP contribution in [0.4, 0.5) is 0 Å². The van der Waals surface area contributed by atoms with Crippen molar-refractivity contribution in [2.75, 3.05) is 13.1 Å². The van der Waals surface area contributed by atoms with Crippen LogP contribution in [0.1, 0.15) is 38.5 Å². The maximum Gasteiger partial charge on any atom is 0.226 e. The first-order chi connectivity index (χ1) is 15.3. The summed E-state index contributed by atoms with van der Waals surface area (Å²) in [5.74, 6) is -2.04. The molecule has 4 fully saturated rings. The summed E-state index contributed by atoms with van der Waals surface area (Å²) >= 11 is 0. The van der Waals surface area contributed by atoms with Gasteiger partial charge in [-0.15, -0.1) is 0 Å². The van der Waals surface area contributed by atoms with Crippen LogP contribution in [0, 0.1) is 23.2 Å². The van der Waals surface area contributed by atoms with Gasteiger partial charge in [0.15, 0.2) is 9.84 Å². The quantitative estimate of drug-likeness (QED) is 0.715. The number of fused-ring (bicyclic) bond motifs is 2. The lowest BCUT2D eigenvalue weighted by Crippen LogP contribution is -2.50. The van der Waals surface area contributed by atoms with Gasteiger partial charge in [0.25, 0.3) is 0 Å². The lowest BCUT2D eigenvalue weighted by Gasteiger charge is -2.35. The number of likely N-dealkylation sites (tertiary alicyclic amines) is 1. The van der Waals surface area contributed by atoms with E-state index in [4.69, 9.17) is 4.74 Å². The van der Waals surface area contributed by atoms with Crippen molar-refractivity contribution < 1.29 is 22.7 Å². The van der Waals surface area contributed by atoms with Gasteiger partial charge < -0.3 is 15.0 Å². The van der Waals surface area contributed by atoms with Gasteiger partial charge in [-0.3, -0.25) is 9.59 Å². The molecule has 9 heteroatoms. The molecule has 2 aliphatic carbocycles. The molecule has 0 aromatic heterocycles. The Hall–Kier alpha value is -2.44. The molecule has 0 spiro atoms. The molecule has 5 atom stereocenters. The lowest BCUT2D eigenvalue weighted by molar-refractivity contribution is -0.148. The molecule has 2 bridgehead atoms. The molecule has 1 N–H and O–H groups in total. The van der Waals surface area contributed by atoms with E-state index < -0.39 is 32.5 Å². The third kappa shape index (κ3) is 3.80. The van der Waals surface area contributed by atoms with Gasteiger partial charge in [0.05, 0.1) is 40.3 Å². The first-order valence-corrected chi connectivity index (χ1v) is 12.8. The molecule has 2 heterocycles. The normalized spacial score (nSPS) is 32.8. The minimum absolute atomic E-state index is 0.0172. The Morgan fingerprint density at radius 1 is 1.06 bits per heavy atom. The van der Waals surface area contributed by atoms with Crippen LogP contribution in [0.3, 0.4) is 0 Å². The number of ether oxygens (including phenoxy) is 1. The van der Waals surface area contributed by atoms with E-state index in [9.17, 15) is 23.3 Å². The Balaban J connectivity index is 1.40. The van der Waals surface area contributed by atoms with E-state index in [2.05, 4.69) is 11.4 Å². The van der Waals surface area contributed by atoms with Gasteiger partial charge in [-0.05, 0) is 50.7 Å². The number of nitrogens with zero attached hydrogens (tertiary/aromatic N) is 2. The van der Waals surface area contributed by atoms with Gasteiger partial charge >= 0.3 is 0 Å². The van der Waals surface area contributed by atoms with Gasteiger partial charge in [0.1, 0.15) is 5.54 Å². The Morgan fingerprint density at radius 2 is 1.69 bits per heavy atom. The number of hydrogen-bond acceptors (Lipinski definition) is 6. The fourth-order valence-electron chi connectivity index (χ4n) is 5.36. The summed E-state index contributed by atoms with van der Waals surface area (Å²) in [4.78, 5) is 28.6. The molecular weight excluding hydrogens is 430 g/mol. The molecule has 32 heavy (non-hydrogen) atoms. The van der Waals surface area contributed by atoms with E-state index >= 15 is 0 Å². The number of benzene rings is 1. The zero-order valence-electron chi connectivity index (χ0n) is 17.8. The van der Waals surface area contributed by atoms with Crippen LogP contribution in [-0.2, 0) is 24.2 Å². The average Bonchev–Trinajstić information content (AvgIpc) is 3.28. The van der Waals surface area contributed by atoms with Gasteiger partial charge in [-0.1, -0.05) is 18.2 Å². The van der Waals surface area contributed by atoms with Crippen LogP contribution in [0.25, 0.3) is 0 Å². The second-order valence-electron chi connectivity index (χ2n) is 9.55. The number of nitriles is 1. The predicted octanol–water partition coefficient (Wildman–Crippen LogP) is 1.42. The molecule has 4 aliphatic rings. The molecule has 2 saturated carbocycles. The fraction of sp³-hybridized carbons (Fsp3) is 0.609. The van der Waals surface area contributed by atoms with Crippen molar-refractivity contribution in [3.05, 3.63) is 30.3 Å². The summed E-state index contributed by atoms with van der Waals surface area (Å²) in [7, 11) is -3.69. The van der Waals surface area contributed by atoms with Crippen LogP contribution in [-0.4, -0.2) is 61.2 Å². The van der Waals surface area contributed by atoms with Crippen molar-refractivity contribution in [2.45, 2.75) is 66.4 Å². The van der Waals surface area contributed by atoms with Crippen LogP contribution in [0.5, 0.6) is 0 Å². The highest BCUT2D eigenvalue weighted by Gasteiger charge is 2.52. The third-order valence-corrected chi connectivity index (χ3v) is 9.56. The summed E-state index contributed by atoms with van der Waals surface area (Å²) in [6.45, 7) is 0.969. The Labute approximate surface area is 187 Å². The highest BCUT2D eigenvalue weighted by atomic mass is 32.2. The number of carbonyl (C=O) groups is 2. The summed E-state index contributed by atoms with van der Waals surface area (Å²) in [6, 6.07) is 10.3. The number of hydrogen-bond donors (Lipinski definition) is 1. The largest absolute Gasteiger partial charge is 0.371 e. The first kappa shape index (κ1) is 21.4. The number of morpholine rings is 1. The minimum atomic E-state index is -3.69. The number of sulfone groups is 1. The van der Waals surface area contributed by atoms with Gasteiger partial charge in [-0.25, -0.2) is 8.42 Å². The lowest BCUT2D eigenvalue weighted by atomic mass is 9.93. The Morgan fingerprint density at radius 3 is 2.28 bits per heavy atom. The van der Waals surface area contributed by atoms with Crippen LogP contribution in [0.15, 0.2) is 35.2 Å². The van der Waals surface area contributed by atoms with Crippen LogP contribution >= 0.6 is 0 Å². The summed E-state index contributed by atoms with van der Waals surface area (Å²) in [5.41, 5.74) is -0.862. The second-order valence-corrected chi connectivity index (χ2v) is 11.8. The molecule has 8 nitrogen and oxygen atoms in total. The van der Waals surface area contributed by atoms with E-state index in [1.165, 1.54) is 0 Å². The zero-order chi connectivity index (χ0) is 22.5. The molecule has 0 unspecified atom stereocenters. The molecule has 2 amide bonds. The average molecular weight is 458 g/mol. The predicted molar refractivity (Wildman–Crippen MR) is 114 cm³/mol. The number of carbonyl (C=O) groups excluding carboxylic acids is 2. The minimum Gasteiger partial charge on any atom is -0.371 e. The van der Waals surface area contributed by atoms with Crippen molar-refractivity contribution in [3.8, 4) is 6.07 Å². The van der Waals surface area contributed by atoms with Crippen molar-refractivity contribution in [3.63, 3.8) is 0 Å². The van der Waals surface area contributed by atoms with E-state index in [0.717, 1.165) is 12.8 Å². The summed E-state index contributed by atoms with van der Waals surface area (Å²) in [6.07, 6.45) is 3.22. The van der Waals surface area contributed by atoms with Crippen LogP contribution < -0.4 is 5.32 Å². The third-order valence-electron chi connectivity index (χ3n) is 7.37. The SMILES string of the molecule is N#CC1(NC(=O)[C@@H]2C[C@@H](S(=O)(=O)c3ccccc3)C[C@H]2C(=O)N2C[C@H]3CC[C@@H](C2)O3)CC1. The maximum absolute atomic E-state index is 13.5. The number of rotatable bonds is 5. The van der Waals surface area contributed by atoms with Crippen molar-refractivity contribution in [1.82, 2.24) is 10.2 Å². The van der Waals surface area contributed by atoms with Crippen molar-refractivity contribution in [2.24, 2.45) is 11.8 Å². The van der Waals surface area contributed by atoms with Gasteiger partial charge in [-0.2, -0.15) is 5.26 Å². The second kappa shape index (κ2) is 7.85. The Bertz CT molecular complexity index is 1050. The van der Waals surface area contributed by atoms with E-state index in [1.54, 1.807) is 35.2 Å². The summed E-state index contributed by atoms with van der Waals surface area (Å²) in [5, 5.41) is 11.4. The van der Waals surface area contributed by atoms with Crippen LogP contribution in [0.2, 0.25) is 0 Å². The molecule has 0 radical (unpaired) electrons. The van der Waals surface area contributed by atoms with Gasteiger partial charge in [0, 0.05) is 13.1 Å². The highest BCUT2D eigenvalue weighted by molar-refractivity contribution is 7.92. The summed E-state index contributed by atoms with van der Waals surface area (Å²) < 4.78 is 32.4. The smallest absolute Gasteiger partial charge is 0.226 e. The van der Waals surface area contributed by atoms with Crippen molar-refractivity contribution in [1.29, 1.82) is 5.26 Å². The van der Waals surface area contributed by atoms with E-state index in [0.29, 0.717) is 25.9 Å². The Kier molecular flexibility index (Phi) is 5.25. The monoisotopic (exact) mass is 457 g/mol. The first-order valence-electron chi connectivity index (χ1n) is 11.3. The molecule has 5 rings (SSSR count). The standard InChI is InChI=1S/C23H27N3O5S/c24-14-23(8-9-23)25-21(27)19-10-18(32(29,30)17-4-2-1-3-5-17)11-20(19)22(28)26-12-15-6-7-16(13-26)31-15/h1-5,15-16,18-20H,6-13H2,(H,25,27)/t15-,16+,18-,19-,20-/m1/s1. The number of nitrogens with one attached hydrogen (secondary N) is 1. The van der Waals surface area contributed by atoms with Gasteiger partial charge in [0.2, 0.25) is 11.8 Å². The van der Waals surface area contributed by atoms with E-state index in [-0.39, 0.29) is 41.8 Å².